The second kappa shape index (κ2) is 13.2. The number of methoxy groups -OCH3 is 1. The van der Waals surface area contributed by atoms with Gasteiger partial charge < -0.3 is 25.0 Å². The van der Waals surface area contributed by atoms with Crippen molar-refractivity contribution in [1.82, 2.24) is 9.80 Å². The van der Waals surface area contributed by atoms with Crippen molar-refractivity contribution in [3.63, 3.8) is 0 Å². The monoisotopic (exact) mass is 527 g/mol. The quantitative estimate of drug-likeness (QED) is 0.468. The van der Waals surface area contributed by atoms with Gasteiger partial charge in [0.25, 0.3) is 0 Å². The Labute approximate surface area is 224 Å². The number of nitrogens with zero attached hydrogens (tertiary/aromatic N) is 2. The Kier molecular flexibility index (Phi) is 9.74. The number of anilines is 1. The molecular formula is C30H39F2N3O3. The lowest BCUT2D eigenvalue weighted by molar-refractivity contribution is -0.128. The number of amides is 1. The highest BCUT2D eigenvalue weighted by Crippen LogP contribution is 2.29. The van der Waals surface area contributed by atoms with Gasteiger partial charge in [-0.05, 0) is 105 Å². The highest BCUT2D eigenvalue weighted by molar-refractivity contribution is 5.91. The molecule has 0 bridgehead atoms. The van der Waals surface area contributed by atoms with Gasteiger partial charge in [0.05, 0.1) is 13.2 Å². The molecule has 38 heavy (non-hydrogen) atoms. The van der Waals surface area contributed by atoms with Gasteiger partial charge >= 0.3 is 0 Å². The summed E-state index contributed by atoms with van der Waals surface area (Å²) in [6, 6.07) is 9.36. The number of aliphatic hydroxyl groups is 1. The zero-order valence-electron chi connectivity index (χ0n) is 22.3. The molecule has 0 radical (unpaired) electrons. The summed E-state index contributed by atoms with van der Waals surface area (Å²) in [6.45, 7) is 3.75. The van der Waals surface area contributed by atoms with Crippen LogP contribution in [-0.4, -0.2) is 73.8 Å². The van der Waals surface area contributed by atoms with Crippen LogP contribution >= 0.6 is 0 Å². The Bertz CT molecular complexity index is 1090. The Morgan fingerprint density at radius 3 is 2.39 bits per heavy atom. The largest absolute Gasteiger partial charge is 0.497 e. The maximum atomic E-state index is 13.4. The van der Waals surface area contributed by atoms with E-state index in [4.69, 9.17) is 4.74 Å². The number of likely N-dealkylation sites (tertiary alicyclic amines) is 2. The molecule has 2 fully saturated rings. The van der Waals surface area contributed by atoms with E-state index >= 15 is 0 Å². The number of β-amino-alcohol motifs (C(OH)–C–C–N with tert-alkyl or cyclic N) is 1. The number of hydrogen-bond donors (Lipinski definition) is 2. The number of benzene rings is 2. The summed E-state index contributed by atoms with van der Waals surface area (Å²) in [5.41, 5.74) is 2.74. The van der Waals surface area contributed by atoms with Crippen LogP contribution in [0.1, 0.15) is 36.8 Å². The molecule has 2 aliphatic rings. The van der Waals surface area contributed by atoms with Gasteiger partial charge in [0, 0.05) is 44.5 Å². The van der Waals surface area contributed by atoms with Gasteiger partial charge in [0.1, 0.15) is 17.4 Å². The molecule has 0 aromatic heterocycles. The molecule has 2 saturated heterocycles. The van der Waals surface area contributed by atoms with E-state index in [0.29, 0.717) is 31.1 Å². The predicted molar refractivity (Wildman–Crippen MR) is 146 cm³/mol. The van der Waals surface area contributed by atoms with Crippen LogP contribution < -0.4 is 10.1 Å². The first-order chi connectivity index (χ1) is 18.3. The smallest absolute Gasteiger partial charge is 0.246 e. The van der Waals surface area contributed by atoms with Crippen molar-refractivity contribution in [3.8, 4) is 5.75 Å². The average Bonchev–Trinajstić information content (AvgIpc) is 2.92. The highest BCUT2D eigenvalue weighted by atomic mass is 19.1. The minimum absolute atomic E-state index is 0.160. The highest BCUT2D eigenvalue weighted by Gasteiger charge is 2.29. The van der Waals surface area contributed by atoms with Gasteiger partial charge in [-0.25, -0.2) is 8.78 Å². The molecule has 2 heterocycles. The molecule has 6 nitrogen and oxygen atoms in total. The summed E-state index contributed by atoms with van der Waals surface area (Å²) in [4.78, 5) is 16.6. The Hall–Kier alpha value is -2.97. The zero-order valence-corrected chi connectivity index (χ0v) is 22.3. The van der Waals surface area contributed by atoms with E-state index in [1.165, 1.54) is 29.8 Å². The van der Waals surface area contributed by atoms with Crippen molar-refractivity contribution in [2.24, 2.45) is 11.8 Å². The number of carbonyl (C=O) groups is 1. The molecule has 2 aliphatic heterocycles. The summed E-state index contributed by atoms with van der Waals surface area (Å²) >= 11 is 0. The van der Waals surface area contributed by atoms with E-state index in [0.717, 1.165) is 62.7 Å². The molecule has 1 amide bonds. The maximum absolute atomic E-state index is 13.4. The number of carbonyl (C=O) groups excluding carboxylic acids is 1. The number of nitrogens with one attached hydrogen (secondary N) is 1. The van der Waals surface area contributed by atoms with Crippen LogP contribution in [-0.2, 0) is 11.2 Å². The van der Waals surface area contributed by atoms with E-state index in [2.05, 4.69) is 22.3 Å². The summed E-state index contributed by atoms with van der Waals surface area (Å²) in [6.07, 6.45) is 7.08. The predicted octanol–water partition coefficient (Wildman–Crippen LogP) is 4.58. The first kappa shape index (κ1) is 28.0. The molecule has 2 aromatic rings. The SMILES string of the molecule is CNc1ccc(OC)cc1CC1CCN(CC(O)C2CCN(C(=O)/C=C/c3cc(F)cc(F)c3)CC2)CC1. The van der Waals surface area contributed by atoms with Crippen molar-refractivity contribution in [1.29, 1.82) is 0 Å². The number of halogens is 2. The number of rotatable bonds is 9. The van der Waals surface area contributed by atoms with Crippen molar-refractivity contribution < 1.29 is 23.4 Å². The standard InChI is InChI=1S/C30H39F2N3O3/c1-33-28-5-4-27(38-2)18-24(28)15-21-7-11-34(12-8-21)20-29(36)23-9-13-35(14-10-23)30(37)6-3-22-16-25(31)19-26(32)17-22/h3-6,16-19,21,23,29,33,36H,7-15,20H2,1-2H3/b6-3+. The summed E-state index contributed by atoms with van der Waals surface area (Å²) in [5, 5.41) is 14.2. The summed E-state index contributed by atoms with van der Waals surface area (Å²) < 4.78 is 32.1. The van der Waals surface area contributed by atoms with Crippen LogP contribution in [0.15, 0.2) is 42.5 Å². The molecule has 0 aliphatic carbocycles. The molecule has 0 saturated carbocycles. The fourth-order valence-electron chi connectivity index (χ4n) is 5.66. The molecule has 1 atom stereocenters. The van der Waals surface area contributed by atoms with Crippen LogP contribution in [0.4, 0.5) is 14.5 Å². The molecular weight excluding hydrogens is 488 g/mol. The molecule has 4 rings (SSSR count). The van der Waals surface area contributed by atoms with E-state index in [-0.39, 0.29) is 11.8 Å². The van der Waals surface area contributed by atoms with E-state index < -0.39 is 17.7 Å². The summed E-state index contributed by atoms with van der Waals surface area (Å²) in [5.74, 6) is 0.126. The second-order valence-corrected chi connectivity index (χ2v) is 10.5. The first-order valence-electron chi connectivity index (χ1n) is 13.5. The van der Waals surface area contributed by atoms with Gasteiger partial charge in [-0.15, -0.1) is 0 Å². The minimum Gasteiger partial charge on any atom is -0.497 e. The van der Waals surface area contributed by atoms with Gasteiger partial charge in [0.2, 0.25) is 5.91 Å². The Balaban J connectivity index is 1.19. The average molecular weight is 528 g/mol. The van der Waals surface area contributed by atoms with E-state index in [1.54, 1.807) is 12.0 Å². The van der Waals surface area contributed by atoms with Crippen molar-refractivity contribution in [3.05, 3.63) is 65.2 Å². The minimum atomic E-state index is -0.670. The van der Waals surface area contributed by atoms with Crippen molar-refractivity contribution in [2.45, 2.75) is 38.2 Å². The normalized spacial score (nSPS) is 18.6. The van der Waals surface area contributed by atoms with Crippen LogP contribution in [0.3, 0.4) is 0 Å². The third kappa shape index (κ3) is 7.54. The lowest BCUT2D eigenvalue weighted by atomic mass is 9.88. The van der Waals surface area contributed by atoms with Crippen LogP contribution in [0.2, 0.25) is 0 Å². The molecule has 0 spiro atoms. The van der Waals surface area contributed by atoms with Crippen LogP contribution in [0.5, 0.6) is 5.75 Å². The Morgan fingerprint density at radius 2 is 1.76 bits per heavy atom. The van der Waals surface area contributed by atoms with Crippen molar-refractivity contribution >= 4 is 17.7 Å². The zero-order chi connectivity index (χ0) is 27.1. The first-order valence-corrected chi connectivity index (χ1v) is 13.5. The molecule has 2 aromatic carbocycles. The number of ether oxygens (including phenoxy) is 1. The van der Waals surface area contributed by atoms with E-state index in [9.17, 15) is 18.7 Å². The third-order valence-corrected chi connectivity index (χ3v) is 7.94. The molecule has 1 unspecified atom stereocenters. The Morgan fingerprint density at radius 1 is 1.08 bits per heavy atom. The van der Waals surface area contributed by atoms with Gasteiger partial charge in [-0.1, -0.05) is 0 Å². The maximum Gasteiger partial charge on any atom is 0.246 e. The van der Waals surface area contributed by atoms with Crippen LogP contribution in [0.25, 0.3) is 6.08 Å². The lowest BCUT2D eigenvalue weighted by Gasteiger charge is -2.38. The second-order valence-electron chi connectivity index (χ2n) is 10.5. The van der Waals surface area contributed by atoms with Gasteiger partial charge in [0.15, 0.2) is 0 Å². The lowest BCUT2D eigenvalue weighted by Crippen LogP contribution is -2.45. The van der Waals surface area contributed by atoms with Gasteiger partial charge in [-0.3, -0.25) is 4.79 Å². The third-order valence-electron chi connectivity index (χ3n) is 7.94. The number of aliphatic hydroxyl groups excluding tert-OH is 1. The number of piperidine rings is 2. The fourth-order valence-corrected chi connectivity index (χ4v) is 5.66. The fraction of sp³-hybridized carbons (Fsp3) is 0.500. The molecule has 2 N–H and O–H groups in total. The van der Waals surface area contributed by atoms with Crippen LogP contribution in [0, 0.1) is 23.5 Å². The molecule has 206 valence electrons. The van der Waals surface area contributed by atoms with Crippen molar-refractivity contribution in [2.75, 3.05) is 52.2 Å². The number of hydrogen-bond acceptors (Lipinski definition) is 5. The van der Waals surface area contributed by atoms with Gasteiger partial charge in [-0.2, -0.15) is 0 Å². The summed E-state index contributed by atoms with van der Waals surface area (Å²) in [7, 11) is 3.64. The molecule has 8 heteroatoms. The topological polar surface area (TPSA) is 65.0 Å². The van der Waals surface area contributed by atoms with E-state index in [1.807, 2.05) is 13.1 Å².